The highest BCUT2D eigenvalue weighted by Crippen LogP contribution is 2.07. The van der Waals surface area contributed by atoms with Crippen molar-refractivity contribution >= 4 is 5.78 Å². The molecule has 1 rings (SSSR count). The van der Waals surface area contributed by atoms with E-state index in [9.17, 15) is 4.79 Å². The number of carbonyl (C=O) groups excluding carboxylic acids is 1. The third-order valence-electron chi connectivity index (χ3n) is 2.42. The van der Waals surface area contributed by atoms with Gasteiger partial charge in [-0.3, -0.25) is 4.79 Å². The van der Waals surface area contributed by atoms with Crippen molar-refractivity contribution in [3.05, 3.63) is 0 Å². The molecule has 0 bridgehead atoms. The number of hydrogen-bond acceptors (Lipinski definition) is 3. The molecule has 1 heterocycles. The Kier molecular flexibility index (Phi) is 3.88. The first kappa shape index (κ1) is 10.7. The van der Waals surface area contributed by atoms with Crippen molar-refractivity contribution in [1.29, 1.82) is 0 Å². The molecule has 1 saturated heterocycles. The summed E-state index contributed by atoms with van der Waals surface area (Å²) in [6, 6.07) is 0.569. The van der Waals surface area contributed by atoms with Crippen molar-refractivity contribution in [2.75, 3.05) is 13.1 Å². The van der Waals surface area contributed by atoms with Crippen LogP contribution in [0.2, 0.25) is 0 Å². The van der Waals surface area contributed by atoms with Gasteiger partial charge in [-0.25, -0.2) is 0 Å². The lowest BCUT2D eigenvalue weighted by atomic mass is 9.99. The predicted molar refractivity (Wildman–Crippen MR) is 53.7 cm³/mol. The minimum Gasteiger partial charge on any atom is -0.314 e. The maximum Gasteiger partial charge on any atom is 0.146 e. The molecule has 0 saturated carbocycles. The molecule has 0 aromatic rings. The Labute approximate surface area is 80.3 Å². The predicted octanol–water partition coefficient (Wildman–Crippen LogP) is 0.551. The van der Waals surface area contributed by atoms with Crippen LogP contribution < -0.4 is 10.6 Å². The van der Waals surface area contributed by atoms with Gasteiger partial charge in [0.2, 0.25) is 0 Å². The van der Waals surface area contributed by atoms with Crippen molar-refractivity contribution in [3.8, 4) is 0 Å². The monoisotopic (exact) mass is 184 g/mol. The van der Waals surface area contributed by atoms with Gasteiger partial charge >= 0.3 is 0 Å². The standard InChI is InChI=1S/C10H20N2O/c1-7(2)4-10(8(3)13)12-9-5-11-6-9/h7,9-12H,4-6H2,1-3H3. The van der Waals surface area contributed by atoms with Gasteiger partial charge < -0.3 is 10.6 Å². The number of nitrogens with one attached hydrogen (secondary N) is 2. The Morgan fingerprint density at radius 3 is 2.46 bits per heavy atom. The molecule has 0 radical (unpaired) electrons. The second-order valence-corrected chi connectivity index (χ2v) is 4.31. The molecule has 0 aliphatic carbocycles. The van der Waals surface area contributed by atoms with Crippen molar-refractivity contribution in [1.82, 2.24) is 10.6 Å². The van der Waals surface area contributed by atoms with Crippen molar-refractivity contribution < 1.29 is 4.79 Å². The number of hydrogen-bond donors (Lipinski definition) is 2. The zero-order valence-electron chi connectivity index (χ0n) is 8.76. The minimum absolute atomic E-state index is 0.0621. The van der Waals surface area contributed by atoms with Crippen LogP contribution in [-0.4, -0.2) is 31.0 Å². The van der Waals surface area contributed by atoms with Crippen molar-refractivity contribution in [3.63, 3.8) is 0 Å². The Bertz CT molecular complexity index is 176. The summed E-state index contributed by atoms with van der Waals surface area (Å²) in [4.78, 5) is 11.3. The molecule has 0 spiro atoms. The smallest absolute Gasteiger partial charge is 0.146 e. The number of carbonyl (C=O) groups is 1. The van der Waals surface area contributed by atoms with E-state index in [0.29, 0.717) is 12.0 Å². The van der Waals surface area contributed by atoms with Crippen LogP contribution in [0.4, 0.5) is 0 Å². The molecular weight excluding hydrogens is 164 g/mol. The number of Topliss-reactive ketones (excluding diaryl/α,β-unsaturated/α-hetero) is 1. The fourth-order valence-corrected chi connectivity index (χ4v) is 1.51. The molecule has 3 heteroatoms. The highest BCUT2D eigenvalue weighted by Gasteiger charge is 2.23. The molecule has 1 aliphatic rings. The van der Waals surface area contributed by atoms with E-state index in [1.807, 2.05) is 0 Å². The summed E-state index contributed by atoms with van der Waals surface area (Å²) in [6.45, 7) is 7.98. The fraction of sp³-hybridized carbons (Fsp3) is 0.900. The van der Waals surface area contributed by atoms with Crippen molar-refractivity contribution in [2.45, 2.75) is 39.3 Å². The van der Waals surface area contributed by atoms with E-state index < -0.39 is 0 Å². The lowest BCUT2D eigenvalue weighted by molar-refractivity contribution is -0.119. The van der Waals surface area contributed by atoms with Gasteiger partial charge in [0.15, 0.2) is 0 Å². The van der Waals surface area contributed by atoms with Crippen molar-refractivity contribution in [2.24, 2.45) is 5.92 Å². The highest BCUT2D eigenvalue weighted by molar-refractivity contribution is 5.81. The van der Waals surface area contributed by atoms with E-state index in [-0.39, 0.29) is 11.8 Å². The Morgan fingerprint density at radius 2 is 2.15 bits per heavy atom. The molecular formula is C10H20N2O. The van der Waals surface area contributed by atoms with E-state index >= 15 is 0 Å². The van der Waals surface area contributed by atoms with Crippen LogP contribution in [0.3, 0.4) is 0 Å². The van der Waals surface area contributed by atoms with E-state index in [0.717, 1.165) is 19.5 Å². The van der Waals surface area contributed by atoms with E-state index in [2.05, 4.69) is 24.5 Å². The number of rotatable bonds is 5. The molecule has 2 N–H and O–H groups in total. The van der Waals surface area contributed by atoms with Gasteiger partial charge in [0.25, 0.3) is 0 Å². The molecule has 0 amide bonds. The summed E-state index contributed by atoms with van der Waals surface area (Å²) in [5.74, 6) is 0.843. The Balaban J connectivity index is 2.32. The van der Waals surface area contributed by atoms with Gasteiger partial charge in [0.05, 0.1) is 6.04 Å². The van der Waals surface area contributed by atoms with Gasteiger partial charge in [0.1, 0.15) is 5.78 Å². The highest BCUT2D eigenvalue weighted by atomic mass is 16.1. The summed E-state index contributed by atoms with van der Waals surface area (Å²) in [5, 5.41) is 6.56. The third-order valence-corrected chi connectivity index (χ3v) is 2.42. The zero-order chi connectivity index (χ0) is 9.84. The second kappa shape index (κ2) is 4.72. The lowest BCUT2D eigenvalue weighted by Crippen LogP contribution is -2.59. The molecule has 1 aliphatic heterocycles. The van der Waals surface area contributed by atoms with Crippen LogP contribution in [0.25, 0.3) is 0 Å². The van der Waals surface area contributed by atoms with Crippen LogP contribution >= 0.6 is 0 Å². The summed E-state index contributed by atoms with van der Waals surface area (Å²) >= 11 is 0. The molecule has 13 heavy (non-hydrogen) atoms. The first-order chi connectivity index (χ1) is 6.09. The largest absolute Gasteiger partial charge is 0.314 e. The molecule has 0 aromatic heterocycles. The Hall–Kier alpha value is -0.410. The van der Waals surface area contributed by atoms with Gasteiger partial charge in [0, 0.05) is 19.1 Å². The van der Waals surface area contributed by atoms with Crippen LogP contribution in [-0.2, 0) is 4.79 Å². The number of ketones is 1. The summed E-state index contributed by atoms with van der Waals surface area (Å²) in [7, 11) is 0. The first-order valence-corrected chi connectivity index (χ1v) is 5.06. The minimum atomic E-state index is 0.0621. The van der Waals surface area contributed by atoms with E-state index in [1.54, 1.807) is 6.92 Å². The average Bonchev–Trinajstić information content (AvgIpc) is 1.92. The quantitative estimate of drug-likeness (QED) is 0.655. The third kappa shape index (κ3) is 3.44. The van der Waals surface area contributed by atoms with Crippen LogP contribution in [0.5, 0.6) is 0 Å². The van der Waals surface area contributed by atoms with E-state index in [1.165, 1.54) is 0 Å². The van der Waals surface area contributed by atoms with Crippen LogP contribution in [0, 0.1) is 5.92 Å². The summed E-state index contributed by atoms with van der Waals surface area (Å²) in [5.41, 5.74) is 0. The SMILES string of the molecule is CC(=O)C(CC(C)C)NC1CNC1. The van der Waals surface area contributed by atoms with E-state index in [4.69, 9.17) is 0 Å². The molecule has 1 unspecified atom stereocenters. The van der Waals surface area contributed by atoms with Gasteiger partial charge in [-0.15, -0.1) is 0 Å². The maximum atomic E-state index is 11.3. The molecule has 1 atom stereocenters. The average molecular weight is 184 g/mol. The van der Waals surface area contributed by atoms with Crippen LogP contribution in [0.15, 0.2) is 0 Å². The molecule has 76 valence electrons. The summed E-state index contributed by atoms with van der Waals surface area (Å²) in [6.07, 6.45) is 0.950. The normalized spacial score (nSPS) is 20.0. The zero-order valence-corrected chi connectivity index (χ0v) is 8.76. The Morgan fingerprint density at radius 1 is 1.54 bits per heavy atom. The summed E-state index contributed by atoms with van der Waals surface area (Å²) < 4.78 is 0. The van der Waals surface area contributed by atoms with Crippen LogP contribution in [0.1, 0.15) is 27.2 Å². The molecule has 3 nitrogen and oxygen atoms in total. The first-order valence-electron chi connectivity index (χ1n) is 5.06. The van der Waals surface area contributed by atoms with Gasteiger partial charge in [-0.05, 0) is 19.3 Å². The molecule has 1 fully saturated rings. The fourth-order valence-electron chi connectivity index (χ4n) is 1.51. The topological polar surface area (TPSA) is 41.1 Å². The second-order valence-electron chi connectivity index (χ2n) is 4.31. The van der Waals surface area contributed by atoms with Gasteiger partial charge in [-0.1, -0.05) is 13.8 Å². The lowest BCUT2D eigenvalue weighted by Gasteiger charge is -2.32. The van der Waals surface area contributed by atoms with Gasteiger partial charge in [-0.2, -0.15) is 0 Å². The maximum absolute atomic E-state index is 11.3. The molecule has 0 aromatic carbocycles.